The molecule has 1 atom stereocenters. The van der Waals surface area contributed by atoms with Crippen molar-refractivity contribution in [2.24, 2.45) is 0 Å². The van der Waals surface area contributed by atoms with Gasteiger partial charge in [-0.25, -0.2) is 4.79 Å². The molecule has 2 fully saturated rings. The first-order valence-corrected chi connectivity index (χ1v) is 11.3. The second-order valence-corrected chi connectivity index (χ2v) is 9.41. The average Bonchev–Trinajstić information content (AvgIpc) is 3.32. The Hall–Kier alpha value is -2.97. The first-order valence-electron chi connectivity index (χ1n) is 11.3. The molecule has 176 valence electrons. The van der Waals surface area contributed by atoms with Gasteiger partial charge >= 0.3 is 6.09 Å². The van der Waals surface area contributed by atoms with Gasteiger partial charge in [0.2, 0.25) is 5.79 Å². The molecule has 0 aliphatic carbocycles. The molecule has 0 aromatic heterocycles. The number of amides is 1. The smallest absolute Gasteiger partial charge is 0.414 e. The summed E-state index contributed by atoms with van der Waals surface area (Å²) in [5.41, 5.74) is 0.728. The van der Waals surface area contributed by atoms with Crippen LogP contribution in [-0.2, 0) is 10.3 Å². The van der Waals surface area contributed by atoms with E-state index in [0.29, 0.717) is 50.5 Å². The Kier molecular flexibility index (Phi) is 5.37. The van der Waals surface area contributed by atoms with Gasteiger partial charge in [-0.3, -0.25) is 9.80 Å². The van der Waals surface area contributed by atoms with Crippen LogP contribution < -0.4 is 19.1 Å². The van der Waals surface area contributed by atoms with Crippen LogP contribution in [-0.4, -0.2) is 61.3 Å². The second-order valence-electron chi connectivity index (χ2n) is 9.41. The van der Waals surface area contributed by atoms with Crippen molar-refractivity contribution in [2.75, 3.05) is 38.2 Å². The van der Waals surface area contributed by atoms with Crippen LogP contribution in [0.3, 0.4) is 0 Å². The van der Waals surface area contributed by atoms with Gasteiger partial charge in [0.05, 0.1) is 19.3 Å². The summed E-state index contributed by atoms with van der Waals surface area (Å²) in [6.45, 7) is 6.31. The third-order valence-electron chi connectivity index (χ3n) is 6.60. The van der Waals surface area contributed by atoms with Crippen molar-refractivity contribution in [1.82, 2.24) is 4.90 Å². The molecule has 5 rings (SSSR count). The van der Waals surface area contributed by atoms with E-state index in [1.54, 1.807) is 12.0 Å². The fourth-order valence-corrected chi connectivity index (χ4v) is 4.78. The van der Waals surface area contributed by atoms with Crippen LogP contribution in [0.4, 0.5) is 10.5 Å². The van der Waals surface area contributed by atoms with Crippen molar-refractivity contribution in [3.05, 3.63) is 48.0 Å². The summed E-state index contributed by atoms with van der Waals surface area (Å²) in [7, 11) is 1.61. The van der Waals surface area contributed by atoms with E-state index in [2.05, 4.69) is 4.90 Å². The normalized spacial score (nSPS) is 23.5. The van der Waals surface area contributed by atoms with Crippen LogP contribution in [0.5, 0.6) is 17.2 Å². The van der Waals surface area contributed by atoms with Crippen molar-refractivity contribution < 1.29 is 28.8 Å². The zero-order valence-corrected chi connectivity index (χ0v) is 19.2. The number of hydrogen-bond donors (Lipinski definition) is 1. The van der Waals surface area contributed by atoms with Gasteiger partial charge in [0.15, 0.2) is 11.5 Å². The molecule has 3 aliphatic rings. The Labute approximate surface area is 193 Å². The van der Waals surface area contributed by atoms with Gasteiger partial charge in [0, 0.05) is 39.2 Å². The molecule has 2 saturated heterocycles. The zero-order chi connectivity index (χ0) is 23.2. The summed E-state index contributed by atoms with van der Waals surface area (Å²) in [5.74, 6) is 1.43. The monoisotopic (exact) mass is 454 g/mol. The Balaban J connectivity index is 1.18. The second kappa shape index (κ2) is 8.11. The number of hydrogen-bond acceptors (Lipinski definition) is 7. The number of fused-ring (bicyclic) bond motifs is 1. The molecule has 8 heteroatoms. The Morgan fingerprint density at radius 3 is 2.45 bits per heavy atom. The lowest BCUT2D eigenvalue weighted by Crippen LogP contribution is -2.45. The molecular weight excluding hydrogens is 424 g/mol. The Bertz CT molecular complexity index is 1030. The maximum absolute atomic E-state index is 12.4. The molecule has 8 nitrogen and oxygen atoms in total. The van der Waals surface area contributed by atoms with E-state index < -0.39 is 11.4 Å². The molecule has 0 bridgehead atoms. The number of piperidine rings is 1. The zero-order valence-electron chi connectivity index (χ0n) is 19.2. The number of likely N-dealkylation sites (tertiary alicyclic amines) is 1. The summed E-state index contributed by atoms with van der Waals surface area (Å²) >= 11 is 0. The molecule has 1 N–H and O–H groups in total. The number of nitrogens with zero attached hydrogens (tertiary/aromatic N) is 2. The van der Waals surface area contributed by atoms with Gasteiger partial charge in [0.1, 0.15) is 11.9 Å². The SMILES string of the molecule is COc1ccc(N2C[C@H](CN3CCC(O)(c4ccc5c(c4)OC(C)(C)O5)CC3)OC2=O)cc1. The predicted molar refractivity (Wildman–Crippen MR) is 122 cm³/mol. The maximum atomic E-state index is 12.4. The lowest BCUT2D eigenvalue weighted by Gasteiger charge is -2.39. The van der Waals surface area contributed by atoms with E-state index >= 15 is 0 Å². The largest absolute Gasteiger partial charge is 0.497 e. The van der Waals surface area contributed by atoms with Crippen LogP contribution in [0.25, 0.3) is 0 Å². The summed E-state index contributed by atoms with van der Waals surface area (Å²) in [5, 5.41) is 11.3. The highest BCUT2D eigenvalue weighted by Gasteiger charge is 2.39. The Morgan fingerprint density at radius 2 is 1.76 bits per heavy atom. The van der Waals surface area contributed by atoms with E-state index in [0.717, 1.165) is 17.0 Å². The third-order valence-corrected chi connectivity index (χ3v) is 6.60. The van der Waals surface area contributed by atoms with Crippen LogP contribution >= 0.6 is 0 Å². The van der Waals surface area contributed by atoms with Crippen LogP contribution in [0, 0.1) is 0 Å². The van der Waals surface area contributed by atoms with Gasteiger partial charge in [0.25, 0.3) is 0 Å². The first-order chi connectivity index (χ1) is 15.7. The van der Waals surface area contributed by atoms with Gasteiger partial charge in [-0.2, -0.15) is 0 Å². The highest BCUT2D eigenvalue weighted by Crippen LogP contribution is 2.43. The van der Waals surface area contributed by atoms with Crippen molar-refractivity contribution >= 4 is 11.8 Å². The molecule has 0 spiro atoms. The Morgan fingerprint density at radius 1 is 1.06 bits per heavy atom. The van der Waals surface area contributed by atoms with Crippen LogP contribution in [0.2, 0.25) is 0 Å². The molecule has 3 heterocycles. The average molecular weight is 455 g/mol. The third kappa shape index (κ3) is 4.32. The van der Waals surface area contributed by atoms with E-state index in [-0.39, 0.29) is 12.2 Å². The lowest BCUT2D eigenvalue weighted by atomic mass is 9.84. The van der Waals surface area contributed by atoms with E-state index in [1.807, 2.05) is 56.3 Å². The van der Waals surface area contributed by atoms with Gasteiger partial charge < -0.3 is 24.1 Å². The topological polar surface area (TPSA) is 80.7 Å². The minimum Gasteiger partial charge on any atom is -0.497 e. The number of anilines is 1. The molecular formula is C25H30N2O6. The van der Waals surface area contributed by atoms with Crippen LogP contribution in [0.15, 0.2) is 42.5 Å². The molecule has 0 radical (unpaired) electrons. The number of carbonyl (C=O) groups excluding carboxylic acids is 1. The number of benzene rings is 2. The summed E-state index contributed by atoms with van der Waals surface area (Å²) in [6.07, 6.45) is 0.651. The molecule has 1 amide bonds. The molecule has 0 saturated carbocycles. The van der Waals surface area contributed by atoms with Crippen molar-refractivity contribution in [3.8, 4) is 17.2 Å². The quantitative estimate of drug-likeness (QED) is 0.741. The maximum Gasteiger partial charge on any atom is 0.414 e. The number of cyclic esters (lactones) is 1. The molecule has 0 unspecified atom stereocenters. The standard InChI is InChI=1S/C25H30N2O6/c1-24(2)32-21-9-4-17(14-22(21)33-24)25(29)10-12-26(13-11-25)15-20-16-27(23(28)31-20)18-5-7-19(30-3)8-6-18/h4-9,14,20,29H,10-13,15-16H2,1-3H3/t20-/m0/s1. The fraction of sp³-hybridized carbons (Fsp3) is 0.480. The van der Waals surface area contributed by atoms with Gasteiger partial charge in [-0.15, -0.1) is 0 Å². The summed E-state index contributed by atoms with van der Waals surface area (Å²) < 4.78 is 22.4. The molecule has 3 aliphatic heterocycles. The number of methoxy groups -OCH3 is 1. The highest BCUT2D eigenvalue weighted by atomic mass is 16.7. The fourth-order valence-electron chi connectivity index (χ4n) is 4.78. The van der Waals surface area contributed by atoms with Crippen molar-refractivity contribution in [1.29, 1.82) is 0 Å². The van der Waals surface area contributed by atoms with Gasteiger partial charge in [-0.05, 0) is 54.8 Å². The van der Waals surface area contributed by atoms with Gasteiger partial charge in [-0.1, -0.05) is 6.07 Å². The van der Waals surface area contributed by atoms with Crippen molar-refractivity contribution in [2.45, 2.75) is 44.2 Å². The number of carbonyl (C=O) groups is 1. The first kappa shape index (κ1) is 21.9. The number of ether oxygens (including phenoxy) is 4. The molecule has 2 aromatic carbocycles. The minimum atomic E-state index is -0.914. The van der Waals surface area contributed by atoms with E-state index in [4.69, 9.17) is 18.9 Å². The molecule has 2 aromatic rings. The van der Waals surface area contributed by atoms with E-state index in [1.165, 1.54) is 0 Å². The number of aliphatic hydroxyl groups is 1. The van der Waals surface area contributed by atoms with Crippen molar-refractivity contribution in [3.63, 3.8) is 0 Å². The lowest BCUT2D eigenvalue weighted by molar-refractivity contribution is -0.0439. The number of rotatable bonds is 5. The highest BCUT2D eigenvalue weighted by molar-refractivity contribution is 5.89. The van der Waals surface area contributed by atoms with Crippen LogP contribution in [0.1, 0.15) is 32.3 Å². The predicted octanol–water partition coefficient (Wildman–Crippen LogP) is 3.51. The minimum absolute atomic E-state index is 0.210. The van der Waals surface area contributed by atoms with E-state index in [9.17, 15) is 9.90 Å². The molecule has 33 heavy (non-hydrogen) atoms. The summed E-state index contributed by atoms with van der Waals surface area (Å²) in [6, 6.07) is 13.1. The summed E-state index contributed by atoms with van der Waals surface area (Å²) in [4.78, 5) is 16.3.